The van der Waals surface area contributed by atoms with Gasteiger partial charge in [0.2, 0.25) is 0 Å². The maximum absolute atomic E-state index is 13.7. The summed E-state index contributed by atoms with van der Waals surface area (Å²) in [5.41, 5.74) is -0.462. The molecule has 1 unspecified atom stereocenters. The minimum Gasteiger partial charge on any atom is -0.481 e. The first-order valence-corrected chi connectivity index (χ1v) is 7.27. The molecule has 0 heterocycles. The molecule has 0 spiro atoms. The van der Waals surface area contributed by atoms with Crippen molar-refractivity contribution in [1.82, 2.24) is 0 Å². The van der Waals surface area contributed by atoms with Crippen LogP contribution in [0.3, 0.4) is 0 Å². The fraction of sp³-hybridized carbons (Fsp3) is 0.562. The third kappa shape index (κ3) is 4.00. The van der Waals surface area contributed by atoms with Crippen molar-refractivity contribution in [3.63, 3.8) is 0 Å². The Morgan fingerprint density at radius 1 is 1.24 bits per heavy atom. The van der Waals surface area contributed by atoms with Gasteiger partial charge in [0, 0.05) is 11.6 Å². The van der Waals surface area contributed by atoms with Gasteiger partial charge in [0.25, 0.3) is 0 Å². The monoisotopic (exact) mass is 298 g/mol. The van der Waals surface area contributed by atoms with Crippen LogP contribution in [-0.2, 0) is 4.79 Å². The number of carbonyl (C=O) groups is 1. The number of aliphatic hydroxyl groups excluding tert-OH is 1. The second-order valence-corrected chi connectivity index (χ2v) is 6.02. The summed E-state index contributed by atoms with van der Waals surface area (Å²) in [4.78, 5) is 11.1. The van der Waals surface area contributed by atoms with Gasteiger partial charge in [-0.2, -0.15) is 0 Å². The van der Waals surface area contributed by atoms with Crippen LogP contribution in [0, 0.1) is 17.0 Å². The molecule has 21 heavy (non-hydrogen) atoms. The third-order valence-corrected chi connectivity index (χ3v) is 4.39. The van der Waals surface area contributed by atoms with E-state index in [0.29, 0.717) is 0 Å². The molecule has 1 aliphatic rings. The van der Waals surface area contributed by atoms with Crippen molar-refractivity contribution in [2.75, 3.05) is 0 Å². The van der Waals surface area contributed by atoms with Crippen LogP contribution in [0.1, 0.15) is 56.6 Å². The van der Waals surface area contributed by atoms with Crippen LogP contribution in [0.4, 0.5) is 8.78 Å². The first-order valence-electron chi connectivity index (χ1n) is 7.27. The molecule has 1 aromatic carbocycles. The fourth-order valence-electron chi connectivity index (χ4n) is 3.37. The smallest absolute Gasteiger partial charge is 0.303 e. The Balaban J connectivity index is 2.17. The molecule has 1 fully saturated rings. The first-order chi connectivity index (χ1) is 9.92. The Labute approximate surface area is 122 Å². The molecule has 2 rings (SSSR count). The van der Waals surface area contributed by atoms with Crippen molar-refractivity contribution in [3.8, 4) is 0 Å². The highest BCUT2D eigenvalue weighted by atomic mass is 19.1. The van der Waals surface area contributed by atoms with E-state index in [1.165, 1.54) is 6.07 Å². The van der Waals surface area contributed by atoms with E-state index in [1.54, 1.807) is 0 Å². The van der Waals surface area contributed by atoms with Crippen LogP contribution < -0.4 is 0 Å². The normalized spacial score (nSPS) is 19.2. The number of rotatable bonds is 5. The van der Waals surface area contributed by atoms with Crippen molar-refractivity contribution in [3.05, 3.63) is 35.4 Å². The minimum absolute atomic E-state index is 0.0210. The Hall–Kier alpha value is -1.49. The number of benzene rings is 1. The molecule has 0 bridgehead atoms. The van der Waals surface area contributed by atoms with Crippen molar-refractivity contribution >= 4 is 5.97 Å². The summed E-state index contributed by atoms with van der Waals surface area (Å²) in [5.74, 6) is -2.38. The molecular formula is C16H20F2O3. The summed E-state index contributed by atoms with van der Waals surface area (Å²) in [6, 6.07) is 3.07. The van der Waals surface area contributed by atoms with Gasteiger partial charge < -0.3 is 10.2 Å². The fourth-order valence-corrected chi connectivity index (χ4v) is 3.37. The zero-order chi connectivity index (χ0) is 15.5. The van der Waals surface area contributed by atoms with E-state index in [4.69, 9.17) is 5.11 Å². The average Bonchev–Trinajstić information content (AvgIpc) is 2.38. The highest BCUT2D eigenvalue weighted by Gasteiger charge is 2.37. The molecule has 0 amide bonds. The number of carboxylic acid groups (broad SMARTS) is 1. The number of carboxylic acids is 1. The Morgan fingerprint density at radius 3 is 2.48 bits per heavy atom. The second kappa shape index (κ2) is 6.52. The molecule has 0 aromatic heterocycles. The van der Waals surface area contributed by atoms with Gasteiger partial charge in [-0.3, -0.25) is 4.79 Å². The molecular weight excluding hydrogens is 278 g/mol. The summed E-state index contributed by atoms with van der Waals surface area (Å²) >= 11 is 0. The predicted molar refractivity (Wildman–Crippen MR) is 73.7 cm³/mol. The third-order valence-electron chi connectivity index (χ3n) is 4.39. The van der Waals surface area contributed by atoms with Crippen LogP contribution in [0.25, 0.3) is 0 Å². The molecule has 0 saturated heterocycles. The van der Waals surface area contributed by atoms with Gasteiger partial charge in [-0.25, -0.2) is 8.78 Å². The summed E-state index contributed by atoms with van der Waals surface area (Å²) < 4.78 is 26.6. The summed E-state index contributed by atoms with van der Waals surface area (Å²) in [5, 5.41) is 19.4. The van der Waals surface area contributed by atoms with Crippen molar-refractivity contribution in [2.45, 2.75) is 51.0 Å². The predicted octanol–water partition coefficient (Wildman–Crippen LogP) is 3.81. The van der Waals surface area contributed by atoms with Gasteiger partial charge in [0.15, 0.2) is 0 Å². The Morgan fingerprint density at radius 2 is 1.90 bits per heavy atom. The first kappa shape index (κ1) is 15.9. The molecule has 2 N–H and O–H groups in total. The SMILES string of the molecule is O=C(O)CC1(CC(O)c2ccc(F)cc2F)CCCCC1. The number of aliphatic hydroxyl groups is 1. The lowest BCUT2D eigenvalue weighted by atomic mass is 9.68. The van der Waals surface area contributed by atoms with Crippen LogP contribution in [0.15, 0.2) is 18.2 Å². The molecule has 5 heteroatoms. The molecule has 0 aliphatic heterocycles. The van der Waals surface area contributed by atoms with Gasteiger partial charge in [-0.15, -0.1) is 0 Å². The quantitative estimate of drug-likeness (QED) is 0.869. The van der Waals surface area contributed by atoms with Gasteiger partial charge in [0.05, 0.1) is 12.5 Å². The zero-order valence-electron chi connectivity index (χ0n) is 11.8. The van der Waals surface area contributed by atoms with Gasteiger partial charge in [-0.1, -0.05) is 25.3 Å². The zero-order valence-corrected chi connectivity index (χ0v) is 11.8. The molecule has 1 atom stereocenters. The van der Waals surface area contributed by atoms with Crippen LogP contribution >= 0.6 is 0 Å². The lowest BCUT2D eigenvalue weighted by Crippen LogP contribution is -2.29. The molecule has 116 valence electrons. The Kier molecular flexibility index (Phi) is 4.93. The van der Waals surface area contributed by atoms with E-state index < -0.39 is 29.1 Å². The lowest BCUT2D eigenvalue weighted by Gasteiger charge is -2.37. The molecule has 1 aliphatic carbocycles. The van der Waals surface area contributed by atoms with Crippen molar-refractivity contribution in [2.24, 2.45) is 5.41 Å². The molecule has 3 nitrogen and oxygen atoms in total. The average molecular weight is 298 g/mol. The summed E-state index contributed by atoms with van der Waals surface area (Å²) in [7, 11) is 0. The van der Waals surface area contributed by atoms with Gasteiger partial charge in [-0.05, 0) is 30.7 Å². The van der Waals surface area contributed by atoms with Crippen molar-refractivity contribution in [1.29, 1.82) is 0 Å². The highest BCUT2D eigenvalue weighted by molar-refractivity contribution is 5.67. The van der Waals surface area contributed by atoms with Crippen LogP contribution in [0.5, 0.6) is 0 Å². The number of aliphatic carboxylic acids is 1. The maximum Gasteiger partial charge on any atom is 0.303 e. The van der Waals surface area contributed by atoms with E-state index in [1.807, 2.05) is 0 Å². The molecule has 1 saturated carbocycles. The second-order valence-electron chi connectivity index (χ2n) is 6.02. The van der Waals surface area contributed by atoms with E-state index in [2.05, 4.69) is 0 Å². The largest absolute Gasteiger partial charge is 0.481 e. The Bertz CT molecular complexity index is 510. The topological polar surface area (TPSA) is 57.5 Å². The number of hydrogen-bond donors (Lipinski definition) is 2. The number of hydrogen-bond acceptors (Lipinski definition) is 2. The van der Waals surface area contributed by atoms with Crippen LogP contribution in [-0.4, -0.2) is 16.2 Å². The summed E-state index contributed by atoms with van der Waals surface area (Å²) in [6.45, 7) is 0. The lowest BCUT2D eigenvalue weighted by molar-refractivity contribution is -0.141. The highest BCUT2D eigenvalue weighted by Crippen LogP contribution is 2.45. The maximum atomic E-state index is 13.7. The van der Waals surface area contributed by atoms with E-state index in [0.717, 1.165) is 44.2 Å². The van der Waals surface area contributed by atoms with E-state index in [-0.39, 0.29) is 18.4 Å². The van der Waals surface area contributed by atoms with Crippen LogP contribution in [0.2, 0.25) is 0 Å². The van der Waals surface area contributed by atoms with E-state index in [9.17, 15) is 18.7 Å². The minimum atomic E-state index is -1.11. The molecule has 0 radical (unpaired) electrons. The van der Waals surface area contributed by atoms with Gasteiger partial charge >= 0.3 is 5.97 Å². The number of halogens is 2. The molecule has 1 aromatic rings. The van der Waals surface area contributed by atoms with Gasteiger partial charge in [0.1, 0.15) is 11.6 Å². The standard InChI is InChI=1S/C16H20F2O3/c17-11-4-5-12(13(18)8-11)14(19)9-16(10-15(20)21)6-2-1-3-7-16/h4-5,8,14,19H,1-3,6-7,9-10H2,(H,20,21). The van der Waals surface area contributed by atoms with Crippen molar-refractivity contribution < 1.29 is 23.8 Å². The van der Waals surface area contributed by atoms with E-state index >= 15 is 0 Å². The summed E-state index contributed by atoms with van der Waals surface area (Å²) in [6.07, 6.45) is 3.41.